The lowest BCUT2D eigenvalue weighted by molar-refractivity contribution is 0.101. The lowest BCUT2D eigenvalue weighted by Crippen LogP contribution is -2.31. The zero-order valence-electron chi connectivity index (χ0n) is 22.0. The van der Waals surface area contributed by atoms with Crippen LogP contribution in [-0.4, -0.2) is 22.0 Å². The Morgan fingerprint density at radius 3 is 1.40 bits per heavy atom. The number of carbonyl (C=O) groups excluding carboxylic acids is 2. The van der Waals surface area contributed by atoms with E-state index in [9.17, 15) is 19.8 Å². The lowest BCUT2D eigenvalue weighted by atomic mass is 9.65. The van der Waals surface area contributed by atoms with Gasteiger partial charge in [-0.1, -0.05) is 31.4 Å². The standard InChI is InChI=1S/C32H32N4O4/c33-24-10-4-20(5-11-24)30(39)35-26-18-22(8-14-28(26)37)32(16-2-1-3-17-32)23-9-15-29(38)27(19-23)36-31(40)21-6-12-25(34)13-7-21/h4-15,18-19,37-38H,1-3,16-17,33-34H2,(H,35,39)(H,36,40). The number of carbonyl (C=O) groups is 2. The van der Waals surface area contributed by atoms with Crippen LogP contribution in [0.15, 0.2) is 84.9 Å². The molecule has 0 aliphatic heterocycles. The van der Waals surface area contributed by atoms with Crippen LogP contribution in [-0.2, 0) is 5.41 Å². The fraction of sp³-hybridized carbons (Fsp3) is 0.188. The summed E-state index contributed by atoms with van der Waals surface area (Å²) >= 11 is 0. The molecule has 1 aliphatic rings. The van der Waals surface area contributed by atoms with E-state index in [1.165, 1.54) is 0 Å². The summed E-state index contributed by atoms with van der Waals surface area (Å²) in [5.41, 5.74) is 15.5. The van der Waals surface area contributed by atoms with Crippen LogP contribution < -0.4 is 22.1 Å². The highest BCUT2D eigenvalue weighted by Gasteiger charge is 2.37. The van der Waals surface area contributed by atoms with E-state index in [1.54, 1.807) is 60.7 Å². The summed E-state index contributed by atoms with van der Waals surface area (Å²) in [6, 6.07) is 23.7. The first-order valence-electron chi connectivity index (χ1n) is 13.3. The van der Waals surface area contributed by atoms with E-state index in [0.29, 0.717) is 33.9 Å². The van der Waals surface area contributed by atoms with Crippen molar-refractivity contribution in [2.45, 2.75) is 37.5 Å². The van der Waals surface area contributed by atoms with E-state index in [2.05, 4.69) is 10.6 Å². The maximum Gasteiger partial charge on any atom is 0.255 e. The van der Waals surface area contributed by atoms with E-state index >= 15 is 0 Å². The molecule has 1 fully saturated rings. The van der Waals surface area contributed by atoms with Gasteiger partial charge in [0.1, 0.15) is 11.5 Å². The molecule has 8 heteroatoms. The molecule has 4 aromatic rings. The highest BCUT2D eigenvalue weighted by atomic mass is 16.3. The van der Waals surface area contributed by atoms with Crippen LogP contribution in [0.3, 0.4) is 0 Å². The van der Waals surface area contributed by atoms with Gasteiger partial charge in [-0.05, 0) is 96.8 Å². The Morgan fingerprint density at radius 2 is 1.00 bits per heavy atom. The number of nitrogens with two attached hydrogens (primary N) is 2. The van der Waals surface area contributed by atoms with Gasteiger partial charge in [-0.25, -0.2) is 0 Å². The van der Waals surface area contributed by atoms with Gasteiger partial charge in [0.25, 0.3) is 11.8 Å². The molecule has 0 spiro atoms. The van der Waals surface area contributed by atoms with Crippen LogP contribution in [0.1, 0.15) is 63.9 Å². The number of phenols is 2. The molecule has 0 heterocycles. The van der Waals surface area contributed by atoms with Gasteiger partial charge in [-0.3, -0.25) is 9.59 Å². The third-order valence-corrected chi connectivity index (χ3v) is 7.65. The Bertz CT molecular complexity index is 1430. The molecule has 2 amide bonds. The average Bonchev–Trinajstić information content (AvgIpc) is 2.96. The van der Waals surface area contributed by atoms with Gasteiger partial charge in [0.2, 0.25) is 0 Å². The number of rotatable bonds is 6. The Morgan fingerprint density at radius 1 is 0.600 bits per heavy atom. The number of hydrogen-bond acceptors (Lipinski definition) is 6. The highest BCUT2D eigenvalue weighted by molar-refractivity contribution is 6.06. The molecule has 1 saturated carbocycles. The van der Waals surface area contributed by atoms with E-state index < -0.39 is 5.41 Å². The van der Waals surface area contributed by atoms with Crippen LogP contribution in [0.2, 0.25) is 0 Å². The molecule has 5 rings (SSSR count). The average molecular weight is 537 g/mol. The number of nitrogen functional groups attached to an aromatic ring is 2. The number of benzene rings is 4. The van der Waals surface area contributed by atoms with Gasteiger partial charge in [-0.2, -0.15) is 0 Å². The van der Waals surface area contributed by atoms with Gasteiger partial charge in [-0.15, -0.1) is 0 Å². The molecule has 0 bridgehead atoms. The van der Waals surface area contributed by atoms with Gasteiger partial charge in [0, 0.05) is 27.9 Å². The monoisotopic (exact) mass is 536 g/mol. The first-order chi connectivity index (χ1) is 19.2. The summed E-state index contributed by atoms with van der Waals surface area (Å²) in [4.78, 5) is 25.8. The minimum Gasteiger partial charge on any atom is -0.506 e. The van der Waals surface area contributed by atoms with Gasteiger partial charge in [0.15, 0.2) is 0 Å². The smallest absolute Gasteiger partial charge is 0.255 e. The van der Waals surface area contributed by atoms with Gasteiger partial charge in [0.05, 0.1) is 11.4 Å². The van der Waals surface area contributed by atoms with Crippen molar-refractivity contribution in [1.82, 2.24) is 0 Å². The molecule has 0 unspecified atom stereocenters. The van der Waals surface area contributed by atoms with Crippen LogP contribution in [0.25, 0.3) is 0 Å². The summed E-state index contributed by atoms with van der Waals surface area (Å²) in [6.07, 6.45) is 4.74. The quantitative estimate of drug-likeness (QED) is 0.131. The molecule has 4 aromatic carbocycles. The third kappa shape index (κ3) is 5.42. The molecular weight excluding hydrogens is 504 g/mol. The van der Waals surface area contributed by atoms with E-state index in [4.69, 9.17) is 11.5 Å². The summed E-state index contributed by atoms with van der Waals surface area (Å²) < 4.78 is 0. The minimum absolute atomic E-state index is 0.0411. The number of nitrogens with one attached hydrogen (secondary N) is 2. The molecule has 0 saturated heterocycles. The summed E-state index contributed by atoms with van der Waals surface area (Å²) in [7, 11) is 0. The second kappa shape index (κ2) is 11.0. The van der Waals surface area contributed by atoms with Crippen molar-refractivity contribution in [1.29, 1.82) is 0 Å². The molecule has 8 N–H and O–H groups in total. The molecular formula is C32H32N4O4. The first kappa shape index (κ1) is 26.6. The fourth-order valence-electron chi connectivity index (χ4n) is 5.42. The number of phenolic OH excluding ortho intramolecular Hbond substituents is 2. The van der Waals surface area contributed by atoms with E-state index in [1.807, 2.05) is 24.3 Å². The van der Waals surface area contributed by atoms with Crippen molar-refractivity contribution in [2.75, 3.05) is 22.1 Å². The second-order valence-electron chi connectivity index (χ2n) is 10.3. The minimum atomic E-state index is -0.443. The molecule has 0 aromatic heterocycles. The molecule has 8 nitrogen and oxygen atoms in total. The largest absolute Gasteiger partial charge is 0.506 e. The van der Waals surface area contributed by atoms with Crippen LogP contribution in [0, 0.1) is 0 Å². The maximum atomic E-state index is 12.9. The Hall–Kier alpha value is -4.98. The van der Waals surface area contributed by atoms with Crippen molar-refractivity contribution < 1.29 is 19.8 Å². The maximum absolute atomic E-state index is 12.9. The second-order valence-corrected chi connectivity index (χ2v) is 10.3. The summed E-state index contributed by atoms with van der Waals surface area (Å²) in [5.74, 6) is -0.800. The van der Waals surface area contributed by atoms with Gasteiger partial charge >= 0.3 is 0 Å². The molecule has 0 atom stereocenters. The van der Waals surface area contributed by atoms with E-state index in [-0.39, 0.29) is 23.3 Å². The predicted molar refractivity (Wildman–Crippen MR) is 158 cm³/mol. The number of anilines is 4. The van der Waals surface area contributed by atoms with E-state index in [0.717, 1.165) is 43.2 Å². The highest BCUT2D eigenvalue weighted by Crippen LogP contribution is 2.47. The number of hydrogen-bond donors (Lipinski definition) is 6. The third-order valence-electron chi connectivity index (χ3n) is 7.65. The predicted octanol–water partition coefficient (Wildman–Crippen LogP) is 6.02. The Balaban J connectivity index is 1.48. The Labute approximate surface area is 232 Å². The summed E-state index contributed by atoms with van der Waals surface area (Å²) in [6.45, 7) is 0. The molecule has 0 radical (unpaired) electrons. The van der Waals surface area contributed by atoms with Crippen LogP contribution in [0.4, 0.5) is 22.7 Å². The SMILES string of the molecule is Nc1ccc(C(=O)Nc2cc(C3(c4ccc(O)c(NC(=O)c5ccc(N)cc5)c4)CCCCC3)ccc2O)cc1. The topological polar surface area (TPSA) is 151 Å². The zero-order chi connectivity index (χ0) is 28.3. The molecule has 40 heavy (non-hydrogen) atoms. The molecule has 1 aliphatic carbocycles. The fourth-order valence-corrected chi connectivity index (χ4v) is 5.42. The Kier molecular flexibility index (Phi) is 7.33. The summed E-state index contributed by atoms with van der Waals surface area (Å²) in [5, 5.41) is 26.9. The van der Waals surface area contributed by atoms with Crippen molar-refractivity contribution in [3.05, 3.63) is 107 Å². The van der Waals surface area contributed by atoms with Crippen LogP contribution >= 0.6 is 0 Å². The number of amides is 2. The van der Waals surface area contributed by atoms with Crippen molar-refractivity contribution in [2.24, 2.45) is 0 Å². The molecule has 204 valence electrons. The zero-order valence-corrected chi connectivity index (χ0v) is 22.0. The van der Waals surface area contributed by atoms with Gasteiger partial charge < -0.3 is 32.3 Å². The first-order valence-corrected chi connectivity index (χ1v) is 13.3. The normalized spacial score (nSPS) is 14.3. The van der Waals surface area contributed by atoms with Crippen molar-refractivity contribution in [3.8, 4) is 11.5 Å². The van der Waals surface area contributed by atoms with Crippen molar-refractivity contribution >= 4 is 34.6 Å². The van der Waals surface area contributed by atoms with Crippen molar-refractivity contribution in [3.63, 3.8) is 0 Å². The van der Waals surface area contributed by atoms with Crippen LogP contribution in [0.5, 0.6) is 11.5 Å². The number of aromatic hydroxyl groups is 2. The lowest BCUT2D eigenvalue weighted by Gasteiger charge is -2.39.